The number of anilines is 2. The highest BCUT2D eigenvalue weighted by molar-refractivity contribution is 7.92. The van der Waals surface area contributed by atoms with Gasteiger partial charge in [0, 0.05) is 11.3 Å². The quantitative estimate of drug-likeness (QED) is 0.242. The topological polar surface area (TPSA) is 88.6 Å². The lowest BCUT2D eigenvalue weighted by atomic mass is 10.2. The van der Waals surface area contributed by atoms with Crippen LogP contribution >= 0.6 is 11.3 Å². The lowest BCUT2D eigenvalue weighted by molar-refractivity contribution is -0.114. The minimum absolute atomic E-state index is 0.364. The van der Waals surface area contributed by atoms with Gasteiger partial charge in [-0.25, -0.2) is 13.4 Å². The molecular weight excluding hydrogens is 518 g/mol. The van der Waals surface area contributed by atoms with Crippen LogP contribution < -0.4 is 14.4 Å². The van der Waals surface area contributed by atoms with E-state index in [4.69, 9.17) is 9.72 Å². The molecule has 0 bridgehead atoms. The van der Waals surface area contributed by atoms with E-state index in [1.54, 1.807) is 47.7 Å². The molecule has 0 spiro atoms. The number of rotatable bonds is 8. The predicted molar refractivity (Wildman–Crippen MR) is 154 cm³/mol. The van der Waals surface area contributed by atoms with Gasteiger partial charge in [-0.2, -0.15) is 0 Å². The number of nitrogens with one attached hydrogen (secondary N) is 1. The molecule has 0 unspecified atom stereocenters. The molecule has 0 saturated heterocycles. The average Bonchev–Trinajstić information content (AvgIpc) is 3.31. The summed E-state index contributed by atoms with van der Waals surface area (Å²) in [6.07, 6.45) is 1.07. The molecule has 1 N–H and O–H groups in total. The molecule has 7 nitrogen and oxygen atoms in total. The molecule has 0 saturated carbocycles. The van der Waals surface area contributed by atoms with Gasteiger partial charge in [0.1, 0.15) is 23.1 Å². The van der Waals surface area contributed by atoms with Crippen LogP contribution in [0.15, 0.2) is 97.1 Å². The fraction of sp³-hybridized carbons (Fsp3) is 0.103. The summed E-state index contributed by atoms with van der Waals surface area (Å²) in [4.78, 5) is 17.5. The Labute approximate surface area is 225 Å². The van der Waals surface area contributed by atoms with Crippen molar-refractivity contribution in [1.29, 1.82) is 0 Å². The van der Waals surface area contributed by atoms with Crippen molar-refractivity contribution in [2.45, 2.75) is 6.92 Å². The molecule has 0 atom stereocenters. The molecule has 0 radical (unpaired) electrons. The van der Waals surface area contributed by atoms with Gasteiger partial charge in [0.15, 0.2) is 0 Å². The molecule has 0 fully saturated rings. The van der Waals surface area contributed by atoms with Gasteiger partial charge in [0.2, 0.25) is 15.9 Å². The number of carbonyl (C=O) groups is 1. The Morgan fingerprint density at radius 1 is 0.921 bits per heavy atom. The molecule has 1 amide bonds. The van der Waals surface area contributed by atoms with Crippen LogP contribution in [0.2, 0.25) is 0 Å². The number of aromatic nitrogens is 1. The molecule has 5 aromatic rings. The Kier molecular flexibility index (Phi) is 7.13. The van der Waals surface area contributed by atoms with Crippen LogP contribution in [-0.2, 0) is 14.8 Å². The van der Waals surface area contributed by atoms with E-state index in [-0.39, 0.29) is 6.54 Å². The summed E-state index contributed by atoms with van der Waals surface area (Å²) in [7, 11) is -3.71. The lowest BCUT2D eigenvalue weighted by Gasteiger charge is -2.22. The summed E-state index contributed by atoms with van der Waals surface area (Å²) in [6, 6.07) is 29.3. The number of sulfonamides is 1. The number of aryl methyl sites for hydroxylation is 1. The number of amides is 1. The zero-order valence-corrected chi connectivity index (χ0v) is 22.4. The van der Waals surface area contributed by atoms with Crippen LogP contribution in [0, 0.1) is 6.92 Å². The molecule has 38 heavy (non-hydrogen) atoms. The monoisotopic (exact) mass is 543 g/mol. The highest BCUT2D eigenvalue weighted by Gasteiger charge is 2.21. The van der Waals surface area contributed by atoms with E-state index in [2.05, 4.69) is 18.3 Å². The second kappa shape index (κ2) is 10.6. The molecule has 192 valence electrons. The van der Waals surface area contributed by atoms with Crippen molar-refractivity contribution < 1.29 is 17.9 Å². The maximum Gasteiger partial charge on any atom is 0.245 e. The van der Waals surface area contributed by atoms with Crippen molar-refractivity contribution in [3.05, 3.63) is 103 Å². The highest BCUT2D eigenvalue weighted by atomic mass is 32.2. The first-order valence-electron chi connectivity index (χ1n) is 11.8. The molecular formula is C29H25N3O4S2. The number of benzene rings is 4. The Bertz CT molecular complexity index is 1680. The summed E-state index contributed by atoms with van der Waals surface area (Å²) in [5, 5.41) is 3.68. The van der Waals surface area contributed by atoms with Gasteiger partial charge >= 0.3 is 0 Å². The maximum atomic E-state index is 12.8. The van der Waals surface area contributed by atoms with Crippen LogP contribution in [0.4, 0.5) is 11.4 Å². The third-order valence-corrected chi connectivity index (χ3v) is 7.96. The molecule has 0 aliphatic heterocycles. The normalized spacial score (nSPS) is 11.3. The van der Waals surface area contributed by atoms with Crippen molar-refractivity contribution in [3.63, 3.8) is 0 Å². The number of hydrogen-bond donors (Lipinski definition) is 1. The second-order valence-corrected chi connectivity index (χ2v) is 11.7. The number of ether oxygens (including phenoxy) is 1. The number of carbonyl (C=O) groups excluding carboxylic acids is 1. The Morgan fingerprint density at radius 2 is 1.61 bits per heavy atom. The third-order valence-electron chi connectivity index (χ3n) is 5.75. The summed E-state index contributed by atoms with van der Waals surface area (Å²) in [5.41, 5.74) is 4.01. The van der Waals surface area contributed by atoms with E-state index in [0.717, 1.165) is 31.3 Å². The van der Waals surface area contributed by atoms with Gasteiger partial charge in [0.05, 0.1) is 22.2 Å². The number of fused-ring (bicyclic) bond motifs is 1. The first-order chi connectivity index (χ1) is 18.2. The molecule has 5 rings (SSSR count). The van der Waals surface area contributed by atoms with Crippen molar-refractivity contribution >= 4 is 48.9 Å². The average molecular weight is 544 g/mol. The molecule has 1 aromatic heterocycles. The number of nitrogens with zero attached hydrogens (tertiary/aromatic N) is 2. The lowest BCUT2D eigenvalue weighted by Crippen LogP contribution is -2.37. The summed E-state index contributed by atoms with van der Waals surface area (Å²) in [6.45, 7) is 1.69. The van der Waals surface area contributed by atoms with Crippen molar-refractivity contribution in [2.24, 2.45) is 0 Å². The molecule has 0 aliphatic carbocycles. The Morgan fingerprint density at radius 3 is 2.29 bits per heavy atom. The summed E-state index contributed by atoms with van der Waals surface area (Å²) in [5.74, 6) is 0.772. The second-order valence-electron chi connectivity index (χ2n) is 8.79. The van der Waals surface area contributed by atoms with E-state index in [1.807, 2.05) is 54.6 Å². The van der Waals surface area contributed by atoms with Crippen LogP contribution in [0.1, 0.15) is 5.56 Å². The van der Waals surface area contributed by atoms with Crippen molar-refractivity contribution in [1.82, 2.24) is 4.98 Å². The standard InChI is InChI=1S/C29H25N3O4S2/c1-20-8-17-26-27(18-20)37-29(31-26)21-9-11-22(12-10-21)30-28(33)19-32(38(2,34)35)23-13-15-25(16-14-23)36-24-6-4-3-5-7-24/h3-18H,19H2,1-2H3,(H,30,33). The predicted octanol–water partition coefficient (Wildman–Crippen LogP) is 6.47. The smallest absolute Gasteiger partial charge is 0.245 e. The van der Waals surface area contributed by atoms with Gasteiger partial charge in [-0.15, -0.1) is 11.3 Å². The minimum atomic E-state index is -3.71. The minimum Gasteiger partial charge on any atom is -0.457 e. The first kappa shape index (κ1) is 25.4. The maximum absolute atomic E-state index is 12.8. The molecule has 4 aromatic carbocycles. The Hall–Kier alpha value is -4.21. The van der Waals surface area contributed by atoms with Crippen LogP contribution in [-0.4, -0.2) is 32.1 Å². The zero-order chi connectivity index (χ0) is 26.7. The van der Waals surface area contributed by atoms with Crippen LogP contribution in [0.25, 0.3) is 20.8 Å². The Balaban J connectivity index is 1.26. The molecule has 9 heteroatoms. The van der Waals surface area contributed by atoms with E-state index in [9.17, 15) is 13.2 Å². The van der Waals surface area contributed by atoms with E-state index in [1.165, 1.54) is 5.56 Å². The van der Waals surface area contributed by atoms with Crippen LogP contribution in [0.5, 0.6) is 11.5 Å². The van der Waals surface area contributed by atoms with E-state index >= 15 is 0 Å². The van der Waals surface area contributed by atoms with Gasteiger partial charge < -0.3 is 10.1 Å². The summed E-state index contributed by atoms with van der Waals surface area (Å²) < 4.78 is 33.0. The molecule has 0 aliphatic rings. The van der Waals surface area contributed by atoms with Gasteiger partial charge in [-0.05, 0) is 85.3 Å². The number of thiazole rings is 1. The van der Waals surface area contributed by atoms with Gasteiger partial charge in [-0.1, -0.05) is 24.3 Å². The first-order valence-corrected chi connectivity index (χ1v) is 14.5. The van der Waals surface area contributed by atoms with Crippen LogP contribution in [0.3, 0.4) is 0 Å². The van der Waals surface area contributed by atoms with Crippen molar-refractivity contribution in [2.75, 3.05) is 22.4 Å². The SMILES string of the molecule is Cc1ccc2nc(-c3ccc(NC(=O)CN(c4ccc(Oc5ccccc5)cc4)S(C)(=O)=O)cc3)sc2c1. The van der Waals surface area contributed by atoms with Gasteiger partial charge in [-0.3, -0.25) is 9.10 Å². The number of para-hydroxylation sites is 1. The summed E-state index contributed by atoms with van der Waals surface area (Å²) >= 11 is 1.61. The van der Waals surface area contributed by atoms with Gasteiger partial charge in [0.25, 0.3) is 0 Å². The fourth-order valence-corrected chi connectivity index (χ4v) is 5.81. The van der Waals surface area contributed by atoms with Crippen molar-refractivity contribution in [3.8, 4) is 22.1 Å². The third kappa shape index (κ3) is 6.01. The zero-order valence-electron chi connectivity index (χ0n) is 20.8. The fourth-order valence-electron chi connectivity index (χ4n) is 3.89. The van der Waals surface area contributed by atoms with E-state index in [0.29, 0.717) is 22.9 Å². The molecule has 1 heterocycles. The van der Waals surface area contributed by atoms with E-state index < -0.39 is 15.9 Å². The highest BCUT2D eigenvalue weighted by Crippen LogP contribution is 2.31. The number of hydrogen-bond acceptors (Lipinski definition) is 6. The largest absolute Gasteiger partial charge is 0.457 e.